The third kappa shape index (κ3) is 2.85. The van der Waals surface area contributed by atoms with Crippen LogP contribution in [-0.2, 0) is 6.54 Å². The summed E-state index contributed by atoms with van der Waals surface area (Å²) in [7, 11) is 0. The highest BCUT2D eigenvalue weighted by molar-refractivity contribution is 5.95. The number of carbonyl (C=O) groups excluding carboxylic acids is 1. The zero-order valence-electron chi connectivity index (χ0n) is 13.3. The van der Waals surface area contributed by atoms with Crippen LogP contribution < -0.4 is 5.56 Å². The zero-order valence-corrected chi connectivity index (χ0v) is 13.3. The lowest BCUT2D eigenvalue weighted by Crippen LogP contribution is -2.20. The van der Waals surface area contributed by atoms with Gasteiger partial charge in [0, 0.05) is 30.7 Å². The average Bonchev–Trinajstić information content (AvgIpc) is 2.61. The van der Waals surface area contributed by atoms with Crippen LogP contribution in [0.5, 0.6) is 0 Å². The van der Waals surface area contributed by atoms with Crippen molar-refractivity contribution in [1.82, 2.24) is 9.55 Å². The first-order valence-electron chi connectivity index (χ1n) is 7.88. The highest BCUT2D eigenvalue weighted by Gasteiger charge is 2.12. The predicted molar refractivity (Wildman–Crippen MR) is 91.7 cm³/mol. The van der Waals surface area contributed by atoms with Gasteiger partial charge in [-0.05, 0) is 35.6 Å². The molecule has 0 spiro atoms. The number of rotatable bonds is 5. The van der Waals surface area contributed by atoms with Crippen LogP contribution in [0.1, 0.15) is 30.1 Å². The number of pyridine rings is 2. The van der Waals surface area contributed by atoms with E-state index in [4.69, 9.17) is 0 Å². The molecule has 1 aromatic carbocycles. The van der Waals surface area contributed by atoms with Crippen LogP contribution in [0.25, 0.3) is 21.9 Å². The predicted octanol–water partition coefficient (Wildman–Crippen LogP) is 3.82. The number of fused-ring (bicyclic) bond motifs is 1. The fraction of sp³-hybridized carbons (Fsp3) is 0.211. The van der Waals surface area contributed by atoms with Crippen LogP contribution >= 0.6 is 0 Å². The molecular weight excluding hydrogens is 307 g/mol. The largest absolute Gasteiger partial charge is 0.314 e. The van der Waals surface area contributed by atoms with E-state index in [0.717, 1.165) is 23.8 Å². The second-order valence-corrected chi connectivity index (χ2v) is 5.67. The number of benzene rings is 1. The van der Waals surface area contributed by atoms with Crippen LogP contribution in [0.4, 0.5) is 4.39 Å². The SMILES string of the molecule is CCCCn1cc(-c2ccc(C=O)c(F)c2)c2ccncc2c1=O. The van der Waals surface area contributed by atoms with Crippen LogP contribution in [0, 0.1) is 5.82 Å². The van der Waals surface area contributed by atoms with E-state index in [1.165, 1.54) is 12.1 Å². The van der Waals surface area contributed by atoms with Gasteiger partial charge in [-0.2, -0.15) is 0 Å². The second kappa shape index (κ2) is 6.74. The van der Waals surface area contributed by atoms with Crippen LogP contribution in [0.2, 0.25) is 0 Å². The Morgan fingerprint density at radius 1 is 1.25 bits per heavy atom. The van der Waals surface area contributed by atoms with Gasteiger partial charge in [-0.25, -0.2) is 4.39 Å². The lowest BCUT2D eigenvalue weighted by atomic mass is 10.0. The summed E-state index contributed by atoms with van der Waals surface area (Å²) in [5, 5.41) is 1.23. The molecule has 0 atom stereocenters. The fourth-order valence-corrected chi connectivity index (χ4v) is 2.75. The van der Waals surface area contributed by atoms with E-state index in [-0.39, 0.29) is 11.1 Å². The van der Waals surface area contributed by atoms with E-state index in [1.807, 2.05) is 0 Å². The standard InChI is InChI=1S/C19H17FN2O2/c1-2-3-8-22-11-17(13-4-5-14(12-23)18(20)9-13)15-6-7-21-10-16(15)19(22)24/h4-7,9-12H,2-3,8H2,1H3. The summed E-state index contributed by atoms with van der Waals surface area (Å²) in [6.07, 6.45) is 7.25. The third-order valence-electron chi connectivity index (χ3n) is 4.08. The minimum atomic E-state index is -0.573. The summed E-state index contributed by atoms with van der Waals surface area (Å²) in [5.74, 6) is -0.573. The van der Waals surface area contributed by atoms with Crippen molar-refractivity contribution < 1.29 is 9.18 Å². The summed E-state index contributed by atoms with van der Waals surface area (Å²) in [6, 6.07) is 6.22. The Bertz CT molecular complexity index is 963. The molecule has 0 saturated carbocycles. The number of carbonyl (C=O) groups is 1. The molecule has 2 heterocycles. The summed E-state index contributed by atoms with van der Waals surface area (Å²) in [6.45, 7) is 2.66. The highest BCUT2D eigenvalue weighted by Crippen LogP contribution is 2.27. The normalized spacial score (nSPS) is 10.9. The van der Waals surface area contributed by atoms with Crippen molar-refractivity contribution >= 4 is 17.1 Å². The number of aldehydes is 1. The van der Waals surface area contributed by atoms with Gasteiger partial charge in [0.2, 0.25) is 0 Å². The molecule has 4 nitrogen and oxygen atoms in total. The Morgan fingerprint density at radius 2 is 2.08 bits per heavy atom. The lowest BCUT2D eigenvalue weighted by Gasteiger charge is -2.12. The number of aryl methyl sites for hydroxylation is 1. The van der Waals surface area contributed by atoms with E-state index < -0.39 is 5.82 Å². The number of hydrogen-bond acceptors (Lipinski definition) is 3. The Hall–Kier alpha value is -2.82. The molecule has 5 heteroatoms. The molecular formula is C19H17FN2O2. The smallest absolute Gasteiger partial charge is 0.260 e. The van der Waals surface area contributed by atoms with Gasteiger partial charge in [0.25, 0.3) is 5.56 Å². The van der Waals surface area contributed by atoms with Crippen molar-refractivity contribution in [2.24, 2.45) is 0 Å². The third-order valence-corrected chi connectivity index (χ3v) is 4.08. The highest BCUT2D eigenvalue weighted by atomic mass is 19.1. The van der Waals surface area contributed by atoms with Crippen LogP contribution in [0.3, 0.4) is 0 Å². The first-order valence-corrected chi connectivity index (χ1v) is 7.88. The van der Waals surface area contributed by atoms with E-state index in [1.54, 1.807) is 35.3 Å². The monoisotopic (exact) mass is 324 g/mol. The molecule has 0 N–H and O–H groups in total. The van der Waals surface area contributed by atoms with Crippen molar-refractivity contribution in [2.75, 3.05) is 0 Å². The minimum absolute atomic E-state index is 0.0176. The maximum absolute atomic E-state index is 14.0. The maximum atomic E-state index is 14.0. The van der Waals surface area contributed by atoms with Gasteiger partial charge in [0.05, 0.1) is 10.9 Å². The molecule has 0 aliphatic heterocycles. The minimum Gasteiger partial charge on any atom is -0.314 e. The van der Waals surface area contributed by atoms with Crippen molar-refractivity contribution in [3.8, 4) is 11.1 Å². The van der Waals surface area contributed by atoms with Crippen LogP contribution in [-0.4, -0.2) is 15.8 Å². The first kappa shape index (κ1) is 16.1. The van der Waals surface area contributed by atoms with Crippen molar-refractivity contribution in [3.63, 3.8) is 0 Å². The van der Waals surface area contributed by atoms with E-state index in [9.17, 15) is 14.0 Å². The average molecular weight is 324 g/mol. The molecule has 122 valence electrons. The maximum Gasteiger partial charge on any atom is 0.260 e. The fourth-order valence-electron chi connectivity index (χ4n) is 2.75. The molecule has 0 aliphatic rings. The number of aromatic nitrogens is 2. The molecule has 0 amide bonds. The van der Waals surface area contributed by atoms with Gasteiger partial charge in [0.15, 0.2) is 6.29 Å². The number of nitrogens with zero attached hydrogens (tertiary/aromatic N) is 2. The first-order chi connectivity index (χ1) is 11.7. The van der Waals surface area contributed by atoms with Crippen molar-refractivity contribution in [1.29, 1.82) is 0 Å². The Morgan fingerprint density at radius 3 is 2.79 bits per heavy atom. The Kier molecular flexibility index (Phi) is 4.51. The number of unbranched alkanes of at least 4 members (excludes halogenated alkanes) is 1. The van der Waals surface area contributed by atoms with Crippen molar-refractivity contribution in [2.45, 2.75) is 26.3 Å². The topological polar surface area (TPSA) is 52.0 Å². The van der Waals surface area contributed by atoms with Gasteiger partial charge < -0.3 is 4.57 Å². The molecule has 0 saturated heterocycles. The van der Waals surface area contributed by atoms with E-state index in [0.29, 0.717) is 23.8 Å². The number of hydrogen-bond donors (Lipinski definition) is 0. The van der Waals surface area contributed by atoms with Gasteiger partial charge in [-0.15, -0.1) is 0 Å². The Balaban J connectivity index is 2.26. The van der Waals surface area contributed by atoms with E-state index in [2.05, 4.69) is 11.9 Å². The summed E-state index contributed by atoms with van der Waals surface area (Å²) in [5.41, 5.74) is 1.29. The van der Waals surface area contributed by atoms with Crippen LogP contribution in [0.15, 0.2) is 47.7 Å². The van der Waals surface area contributed by atoms with E-state index >= 15 is 0 Å². The molecule has 3 rings (SSSR count). The summed E-state index contributed by atoms with van der Waals surface area (Å²) < 4.78 is 15.7. The molecule has 24 heavy (non-hydrogen) atoms. The molecule has 2 aromatic heterocycles. The van der Waals surface area contributed by atoms with Gasteiger partial charge in [-0.3, -0.25) is 14.6 Å². The molecule has 0 fully saturated rings. The molecule has 0 aliphatic carbocycles. The van der Waals surface area contributed by atoms with Gasteiger partial charge in [-0.1, -0.05) is 19.4 Å². The second-order valence-electron chi connectivity index (χ2n) is 5.67. The van der Waals surface area contributed by atoms with Gasteiger partial charge >= 0.3 is 0 Å². The quantitative estimate of drug-likeness (QED) is 0.671. The Labute approximate surface area is 138 Å². The lowest BCUT2D eigenvalue weighted by molar-refractivity contribution is 0.112. The molecule has 0 radical (unpaired) electrons. The zero-order chi connectivity index (χ0) is 17.1. The number of halogens is 1. The molecule has 3 aromatic rings. The molecule has 0 bridgehead atoms. The summed E-state index contributed by atoms with van der Waals surface area (Å²) >= 11 is 0. The van der Waals surface area contributed by atoms with Gasteiger partial charge in [0.1, 0.15) is 5.82 Å². The molecule has 0 unspecified atom stereocenters. The summed E-state index contributed by atoms with van der Waals surface area (Å²) in [4.78, 5) is 27.4. The van der Waals surface area contributed by atoms with Crippen molar-refractivity contribution in [3.05, 3.63) is 64.6 Å².